The van der Waals surface area contributed by atoms with E-state index in [1.807, 2.05) is 51.1 Å². The second-order valence-corrected chi connectivity index (χ2v) is 8.90. The van der Waals surface area contributed by atoms with Gasteiger partial charge in [-0.3, -0.25) is 14.4 Å². The summed E-state index contributed by atoms with van der Waals surface area (Å²) >= 11 is 0. The summed E-state index contributed by atoms with van der Waals surface area (Å²) in [5, 5.41) is 18.1. The fourth-order valence-electron chi connectivity index (χ4n) is 3.65. The van der Waals surface area contributed by atoms with E-state index in [2.05, 4.69) is 16.0 Å². The van der Waals surface area contributed by atoms with Gasteiger partial charge in [-0.1, -0.05) is 76.1 Å². The van der Waals surface area contributed by atoms with Crippen molar-refractivity contribution in [3.8, 4) is 5.75 Å². The molecule has 2 rings (SSSR count). The number of rotatable bonds is 13. The quantitative estimate of drug-likeness (QED) is 0.278. The molecule has 0 saturated heterocycles. The van der Waals surface area contributed by atoms with Crippen LogP contribution in [0.5, 0.6) is 5.75 Å². The summed E-state index contributed by atoms with van der Waals surface area (Å²) < 4.78 is 0. The van der Waals surface area contributed by atoms with E-state index in [1.54, 1.807) is 12.1 Å². The minimum atomic E-state index is -0.927. The van der Waals surface area contributed by atoms with Crippen molar-refractivity contribution >= 4 is 30.1 Å². The van der Waals surface area contributed by atoms with Crippen molar-refractivity contribution < 1.29 is 19.5 Å². The Bertz CT molecular complexity index is 956. The number of aromatic hydroxyl groups is 1. The minimum absolute atomic E-state index is 0. The fourth-order valence-corrected chi connectivity index (χ4v) is 3.65. The summed E-state index contributed by atoms with van der Waals surface area (Å²) in [4.78, 5) is 39.0. The van der Waals surface area contributed by atoms with Crippen LogP contribution in [0.2, 0.25) is 0 Å². The molecule has 0 fully saturated rings. The zero-order valence-electron chi connectivity index (χ0n) is 21.2. The molecule has 0 radical (unpaired) electrons. The molecule has 0 aliphatic heterocycles. The van der Waals surface area contributed by atoms with E-state index >= 15 is 0 Å². The Balaban J connectivity index is 0.00000648. The lowest BCUT2D eigenvalue weighted by Gasteiger charge is -2.27. The first-order valence-corrected chi connectivity index (χ1v) is 12.2. The van der Waals surface area contributed by atoms with E-state index < -0.39 is 29.9 Å². The van der Waals surface area contributed by atoms with E-state index in [-0.39, 0.29) is 36.4 Å². The number of nitrogens with one attached hydrogen (secondary N) is 3. The average Bonchev–Trinajstić information content (AvgIpc) is 2.86. The molecule has 0 heterocycles. The predicted molar refractivity (Wildman–Crippen MR) is 144 cm³/mol. The first kappa shape index (κ1) is 30.9. The first-order chi connectivity index (χ1) is 16.7. The van der Waals surface area contributed by atoms with Crippen LogP contribution >= 0.6 is 12.4 Å². The number of halogens is 1. The fraction of sp³-hybridized carbons (Fsp3) is 0.444. The third kappa shape index (κ3) is 9.87. The SMILES string of the molecule is CCC[C@H](N)C(=O)N[C@@H](Cc1ccc(O)cc1)C(=O)N[C@H](C(=O)NCc1ccccc1)[C@@H](C)CC.Cl. The average molecular weight is 519 g/mol. The maximum absolute atomic E-state index is 13.3. The minimum Gasteiger partial charge on any atom is -0.508 e. The van der Waals surface area contributed by atoms with E-state index in [1.165, 1.54) is 12.1 Å². The van der Waals surface area contributed by atoms with Crippen molar-refractivity contribution in [1.29, 1.82) is 0 Å². The molecule has 0 saturated carbocycles. The lowest BCUT2D eigenvalue weighted by molar-refractivity contribution is -0.133. The van der Waals surface area contributed by atoms with E-state index in [4.69, 9.17) is 5.73 Å². The van der Waals surface area contributed by atoms with Gasteiger partial charge in [0.25, 0.3) is 0 Å². The van der Waals surface area contributed by atoms with Crippen molar-refractivity contribution in [1.82, 2.24) is 16.0 Å². The highest BCUT2D eigenvalue weighted by molar-refractivity contribution is 5.93. The summed E-state index contributed by atoms with van der Waals surface area (Å²) in [7, 11) is 0. The maximum Gasteiger partial charge on any atom is 0.243 e. The molecule has 4 atom stereocenters. The van der Waals surface area contributed by atoms with Crippen molar-refractivity contribution in [3.05, 3.63) is 65.7 Å². The molecule has 0 aliphatic rings. The molecule has 0 unspecified atom stereocenters. The monoisotopic (exact) mass is 518 g/mol. The number of phenolic OH excluding ortho intramolecular Hbond substituents is 1. The number of phenols is 1. The van der Waals surface area contributed by atoms with Crippen molar-refractivity contribution in [2.45, 2.75) is 71.1 Å². The van der Waals surface area contributed by atoms with Crippen molar-refractivity contribution in [2.75, 3.05) is 0 Å². The van der Waals surface area contributed by atoms with Gasteiger partial charge in [-0.05, 0) is 35.6 Å². The standard InChI is InChI=1S/C27H38N4O4.ClH/c1-4-9-22(28)25(33)30-23(16-19-12-14-21(32)15-13-19)26(34)31-24(18(3)5-2)27(35)29-17-20-10-7-6-8-11-20;/h6-8,10-15,18,22-24,32H,4-5,9,16-17,28H2,1-3H3,(H,29,35)(H,30,33)(H,31,34);1H/t18-,22-,23-,24-;/m0./s1. The summed E-state index contributed by atoms with van der Waals surface area (Å²) in [6.45, 7) is 6.13. The number of nitrogens with two attached hydrogens (primary N) is 1. The number of carbonyl (C=O) groups excluding carboxylic acids is 3. The van der Waals surface area contributed by atoms with Crippen LogP contribution < -0.4 is 21.7 Å². The first-order valence-electron chi connectivity index (χ1n) is 12.2. The van der Waals surface area contributed by atoms with Crippen LogP contribution in [-0.4, -0.2) is 41.0 Å². The Labute approximate surface area is 219 Å². The lowest BCUT2D eigenvalue weighted by Crippen LogP contribution is -2.57. The number of carbonyl (C=O) groups is 3. The third-order valence-electron chi connectivity index (χ3n) is 6.05. The molecule has 3 amide bonds. The topological polar surface area (TPSA) is 134 Å². The molecule has 0 aliphatic carbocycles. The highest BCUT2D eigenvalue weighted by Gasteiger charge is 2.30. The molecule has 2 aromatic rings. The molecule has 9 heteroatoms. The van der Waals surface area contributed by atoms with Gasteiger partial charge in [0.2, 0.25) is 17.7 Å². The molecule has 2 aromatic carbocycles. The lowest BCUT2D eigenvalue weighted by atomic mass is 9.97. The molecule has 8 nitrogen and oxygen atoms in total. The third-order valence-corrected chi connectivity index (χ3v) is 6.05. The normalized spacial score (nSPS) is 13.9. The summed E-state index contributed by atoms with van der Waals surface area (Å²) in [6, 6.07) is 13.5. The molecular formula is C27H39ClN4O4. The van der Waals surface area contributed by atoms with Crippen LogP contribution in [0, 0.1) is 5.92 Å². The van der Waals surface area contributed by atoms with Gasteiger partial charge in [-0.2, -0.15) is 0 Å². The van der Waals surface area contributed by atoms with Gasteiger partial charge in [0.1, 0.15) is 17.8 Å². The zero-order chi connectivity index (χ0) is 25.8. The van der Waals surface area contributed by atoms with Gasteiger partial charge in [-0.15, -0.1) is 12.4 Å². The summed E-state index contributed by atoms with van der Waals surface area (Å²) in [6.07, 6.45) is 2.10. The smallest absolute Gasteiger partial charge is 0.243 e. The number of hydrogen-bond donors (Lipinski definition) is 5. The molecule has 198 valence electrons. The summed E-state index contributed by atoms with van der Waals surface area (Å²) in [5.74, 6) is -1.18. The Hall–Kier alpha value is -3.10. The Morgan fingerprint density at radius 2 is 1.53 bits per heavy atom. The van der Waals surface area contributed by atoms with Crippen LogP contribution in [0.25, 0.3) is 0 Å². The molecule has 0 bridgehead atoms. The molecule has 0 spiro atoms. The Kier molecular flexibility index (Phi) is 13.6. The van der Waals surface area contributed by atoms with Crippen LogP contribution in [0.4, 0.5) is 0 Å². The van der Waals surface area contributed by atoms with Crippen molar-refractivity contribution in [2.24, 2.45) is 11.7 Å². The Morgan fingerprint density at radius 1 is 0.889 bits per heavy atom. The van der Waals surface area contributed by atoms with Gasteiger partial charge in [0.05, 0.1) is 6.04 Å². The number of hydrogen-bond acceptors (Lipinski definition) is 5. The second kappa shape index (κ2) is 15.8. The molecule has 0 aromatic heterocycles. The highest BCUT2D eigenvalue weighted by atomic mass is 35.5. The number of benzene rings is 2. The van der Waals surface area contributed by atoms with Gasteiger partial charge in [0.15, 0.2) is 0 Å². The van der Waals surface area contributed by atoms with Crippen molar-refractivity contribution in [3.63, 3.8) is 0 Å². The molecular weight excluding hydrogens is 480 g/mol. The van der Waals surface area contributed by atoms with Gasteiger partial charge < -0.3 is 26.8 Å². The van der Waals surface area contributed by atoms with E-state index in [0.717, 1.165) is 17.5 Å². The zero-order valence-corrected chi connectivity index (χ0v) is 22.0. The summed E-state index contributed by atoms with van der Waals surface area (Å²) in [5.41, 5.74) is 7.67. The number of amides is 3. The van der Waals surface area contributed by atoms with Gasteiger partial charge in [-0.25, -0.2) is 0 Å². The molecule has 36 heavy (non-hydrogen) atoms. The van der Waals surface area contributed by atoms with Crippen LogP contribution in [0.15, 0.2) is 54.6 Å². The van der Waals surface area contributed by atoms with E-state index in [0.29, 0.717) is 19.4 Å². The van der Waals surface area contributed by atoms with Gasteiger partial charge in [0, 0.05) is 13.0 Å². The maximum atomic E-state index is 13.3. The van der Waals surface area contributed by atoms with Crippen LogP contribution in [0.3, 0.4) is 0 Å². The largest absolute Gasteiger partial charge is 0.508 e. The van der Waals surface area contributed by atoms with Crippen LogP contribution in [-0.2, 0) is 27.3 Å². The highest BCUT2D eigenvalue weighted by Crippen LogP contribution is 2.13. The van der Waals surface area contributed by atoms with Gasteiger partial charge >= 0.3 is 0 Å². The molecule has 6 N–H and O–H groups in total. The predicted octanol–water partition coefficient (Wildman–Crippen LogP) is 2.82. The van der Waals surface area contributed by atoms with E-state index in [9.17, 15) is 19.5 Å². The second-order valence-electron chi connectivity index (χ2n) is 8.90. The Morgan fingerprint density at radius 3 is 2.11 bits per heavy atom. The van der Waals surface area contributed by atoms with Crippen LogP contribution in [0.1, 0.15) is 51.2 Å².